The highest BCUT2D eigenvalue weighted by Crippen LogP contribution is 2.32. The summed E-state index contributed by atoms with van der Waals surface area (Å²) in [5.74, 6) is -2.81. The molecule has 0 unspecified atom stereocenters. The fourth-order valence-corrected chi connectivity index (χ4v) is 1.84. The standard InChI is InChI=1S/C15H12O6/c16-10-5-8(6-11(17)7-10)1-2-9-3-4-12(18)13(14(9)19)15(20)21/h1-7,16-19H,(H,20,21)/b2-1+. The number of carboxylic acid groups (broad SMARTS) is 1. The molecular weight excluding hydrogens is 276 g/mol. The molecule has 0 spiro atoms. The van der Waals surface area contributed by atoms with E-state index in [0.29, 0.717) is 5.56 Å². The van der Waals surface area contributed by atoms with Gasteiger partial charge in [-0.25, -0.2) is 4.79 Å². The van der Waals surface area contributed by atoms with Crippen LogP contribution >= 0.6 is 0 Å². The van der Waals surface area contributed by atoms with E-state index in [-0.39, 0.29) is 17.1 Å². The lowest BCUT2D eigenvalue weighted by Gasteiger charge is -2.05. The molecule has 108 valence electrons. The maximum Gasteiger partial charge on any atom is 0.343 e. The second-order valence-corrected chi connectivity index (χ2v) is 4.32. The van der Waals surface area contributed by atoms with Crippen molar-refractivity contribution in [1.29, 1.82) is 0 Å². The van der Waals surface area contributed by atoms with Gasteiger partial charge in [-0.2, -0.15) is 0 Å². The van der Waals surface area contributed by atoms with E-state index in [1.165, 1.54) is 30.4 Å². The van der Waals surface area contributed by atoms with Crippen LogP contribution < -0.4 is 0 Å². The highest BCUT2D eigenvalue weighted by molar-refractivity contribution is 5.96. The minimum absolute atomic E-state index is 0.129. The van der Waals surface area contributed by atoms with Gasteiger partial charge in [0.05, 0.1) is 0 Å². The third kappa shape index (κ3) is 3.06. The van der Waals surface area contributed by atoms with Crippen molar-refractivity contribution in [3.05, 3.63) is 47.0 Å². The molecule has 2 aromatic carbocycles. The Hall–Kier alpha value is -3.15. The van der Waals surface area contributed by atoms with Gasteiger partial charge in [0.25, 0.3) is 0 Å². The number of carboxylic acids is 1. The topological polar surface area (TPSA) is 118 Å². The monoisotopic (exact) mass is 288 g/mol. The van der Waals surface area contributed by atoms with Crippen LogP contribution in [0.4, 0.5) is 0 Å². The van der Waals surface area contributed by atoms with Crippen molar-refractivity contribution in [2.75, 3.05) is 0 Å². The van der Waals surface area contributed by atoms with Gasteiger partial charge < -0.3 is 25.5 Å². The molecule has 6 heteroatoms. The summed E-state index contributed by atoms with van der Waals surface area (Å²) < 4.78 is 0. The molecule has 5 N–H and O–H groups in total. The third-order valence-corrected chi connectivity index (χ3v) is 2.78. The second kappa shape index (κ2) is 5.46. The van der Waals surface area contributed by atoms with E-state index in [0.717, 1.165) is 12.1 Å². The van der Waals surface area contributed by atoms with Crippen molar-refractivity contribution >= 4 is 18.1 Å². The lowest BCUT2D eigenvalue weighted by Crippen LogP contribution is -1.98. The fraction of sp³-hybridized carbons (Fsp3) is 0. The zero-order valence-corrected chi connectivity index (χ0v) is 10.7. The number of phenolic OH excluding ortho intramolecular Hbond substituents is 2. The third-order valence-electron chi connectivity index (χ3n) is 2.78. The van der Waals surface area contributed by atoms with Crippen LogP contribution in [0.15, 0.2) is 30.3 Å². The number of carbonyl (C=O) groups is 1. The van der Waals surface area contributed by atoms with E-state index in [4.69, 9.17) is 5.11 Å². The predicted molar refractivity (Wildman–Crippen MR) is 75.4 cm³/mol. The Morgan fingerprint density at radius 3 is 2.10 bits per heavy atom. The molecular formula is C15H12O6. The summed E-state index contributed by atoms with van der Waals surface area (Å²) in [7, 11) is 0. The summed E-state index contributed by atoms with van der Waals surface area (Å²) in [6.07, 6.45) is 2.87. The van der Waals surface area contributed by atoms with Gasteiger partial charge in [-0.3, -0.25) is 0 Å². The molecule has 2 aromatic rings. The quantitative estimate of drug-likeness (QED) is 0.553. The number of hydrogen-bond donors (Lipinski definition) is 5. The van der Waals surface area contributed by atoms with Gasteiger partial charge in [0, 0.05) is 11.6 Å². The van der Waals surface area contributed by atoms with E-state index < -0.39 is 23.0 Å². The Bertz CT molecular complexity index is 713. The maximum absolute atomic E-state index is 10.9. The van der Waals surface area contributed by atoms with Crippen molar-refractivity contribution < 1.29 is 30.3 Å². The highest BCUT2D eigenvalue weighted by atomic mass is 16.4. The maximum atomic E-state index is 10.9. The van der Waals surface area contributed by atoms with Crippen LogP contribution in [0.2, 0.25) is 0 Å². The van der Waals surface area contributed by atoms with Gasteiger partial charge in [-0.1, -0.05) is 12.2 Å². The molecule has 0 aromatic heterocycles. The summed E-state index contributed by atoms with van der Waals surface area (Å²) in [5, 5.41) is 46.9. The van der Waals surface area contributed by atoms with Crippen molar-refractivity contribution in [2.45, 2.75) is 0 Å². The first-order valence-corrected chi connectivity index (χ1v) is 5.88. The van der Waals surface area contributed by atoms with Gasteiger partial charge in [0.15, 0.2) is 0 Å². The highest BCUT2D eigenvalue weighted by Gasteiger charge is 2.17. The van der Waals surface area contributed by atoms with Crippen LogP contribution in [0.5, 0.6) is 23.0 Å². The van der Waals surface area contributed by atoms with Crippen LogP contribution in [0.1, 0.15) is 21.5 Å². The first-order chi connectivity index (χ1) is 9.88. The average molecular weight is 288 g/mol. The average Bonchev–Trinajstić information content (AvgIpc) is 2.36. The number of hydrogen-bond acceptors (Lipinski definition) is 5. The minimum atomic E-state index is -1.45. The van der Waals surface area contributed by atoms with Crippen LogP contribution in [-0.2, 0) is 0 Å². The lowest BCUT2D eigenvalue weighted by molar-refractivity contribution is 0.0690. The SMILES string of the molecule is O=C(O)c1c(O)ccc(/C=C/c2cc(O)cc(O)c2)c1O. The zero-order chi connectivity index (χ0) is 15.6. The fourth-order valence-electron chi connectivity index (χ4n) is 1.84. The molecule has 21 heavy (non-hydrogen) atoms. The lowest BCUT2D eigenvalue weighted by atomic mass is 10.1. The predicted octanol–water partition coefficient (Wildman–Crippen LogP) is 2.38. The molecule has 0 fully saturated rings. The molecule has 0 radical (unpaired) electrons. The van der Waals surface area contributed by atoms with E-state index >= 15 is 0 Å². The zero-order valence-electron chi connectivity index (χ0n) is 10.7. The molecule has 0 aliphatic rings. The summed E-state index contributed by atoms with van der Waals surface area (Å²) in [6.45, 7) is 0. The molecule has 0 aliphatic heterocycles. The van der Waals surface area contributed by atoms with E-state index in [9.17, 15) is 25.2 Å². The first kappa shape index (κ1) is 14.3. The van der Waals surface area contributed by atoms with E-state index in [2.05, 4.69) is 0 Å². The number of phenols is 4. The van der Waals surface area contributed by atoms with Crippen LogP contribution in [-0.4, -0.2) is 31.5 Å². The van der Waals surface area contributed by atoms with E-state index in [1.807, 2.05) is 0 Å². The van der Waals surface area contributed by atoms with Gasteiger partial charge >= 0.3 is 5.97 Å². The van der Waals surface area contributed by atoms with Crippen molar-refractivity contribution in [3.63, 3.8) is 0 Å². The molecule has 0 saturated carbocycles. The molecule has 6 nitrogen and oxygen atoms in total. The van der Waals surface area contributed by atoms with Gasteiger partial charge in [0.2, 0.25) is 0 Å². The van der Waals surface area contributed by atoms with Crippen molar-refractivity contribution in [1.82, 2.24) is 0 Å². The summed E-state index contributed by atoms with van der Waals surface area (Å²) in [6, 6.07) is 6.43. The minimum Gasteiger partial charge on any atom is -0.508 e. The van der Waals surface area contributed by atoms with Crippen LogP contribution in [0.3, 0.4) is 0 Å². The largest absolute Gasteiger partial charge is 0.508 e. The van der Waals surface area contributed by atoms with E-state index in [1.54, 1.807) is 0 Å². The molecule has 0 saturated heterocycles. The first-order valence-electron chi connectivity index (χ1n) is 5.88. The smallest absolute Gasteiger partial charge is 0.343 e. The Kier molecular flexibility index (Phi) is 3.71. The Balaban J connectivity index is 2.42. The Morgan fingerprint density at radius 1 is 0.905 bits per heavy atom. The van der Waals surface area contributed by atoms with Crippen molar-refractivity contribution in [2.24, 2.45) is 0 Å². The summed E-state index contributed by atoms with van der Waals surface area (Å²) in [4.78, 5) is 10.9. The number of aromatic carboxylic acids is 1. The number of aromatic hydroxyl groups is 4. The molecule has 2 rings (SSSR count). The second-order valence-electron chi connectivity index (χ2n) is 4.32. The summed E-state index contributed by atoms with van der Waals surface area (Å²) in [5.41, 5.74) is 0.0424. The molecule has 0 heterocycles. The van der Waals surface area contributed by atoms with Gasteiger partial charge in [-0.15, -0.1) is 0 Å². The van der Waals surface area contributed by atoms with Gasteiger partial charge in [-0.05, 0) is 29.8 Å². The molecule has 0 aliphatic carbocycles. The van der Waals surface area contributed by atoms with Crippen LogP contribution in [0, 0.1) is 0 Å². The Labute approximate surface area is 119 Å². The van der Waals surface area contributed by atoms with Gasteiger partial charge in [0.1, 0.15) is 28.6 Å². The number of benzene rings is 2. The van der Waals surface area contributed by atoms with Crippen LogP contribution in [0.25, 0.3) is 12.2 Å². The normalized spacial score (nSPS) is 10.9. The van der Waals surface area contributed by atoms with Crippen molar-refractivity contribution in [3.8, 4) is 23.0 Å². The summed E-state index contributed by atoms with van der Waals surface area (Å²) >= 11 is 0. The molecule has 0 amide bonds. The Morgan fingerprint density at radius 2 is 1.52 bits per heavy atom. The molecule has 0 atom stereocenters. The molecule has 0 bridgehead atoms. The number of rotatable bonds is 3.